The largest absolute Gasteiger partial charge is 0.463 e. The normalized spacial score (nSPS) is 19.7. The van der Waals surface area contributed by atoms with Gasteiger partial charge in [0.15, 0.2) is 0 Å². The number of rotatable bonds is 4. The Morgan fingerprint density at radius 3 is 2.38 bits per heavy atom. The average molecular weight is 186 g/mol. The molecule has 0 amide bonds. The van der Waals surface area contributed by atoms with Gasteiger partial charge in [-0.25, -0.2) is 0 Å². The van der Waals surface area contributed by atoms with Gasteiger partial charge in [0.05, 0.1) is 18.1 Å². The van der Waals surface area contributed by atoms with E-state index in [1.807, 2.05) is 13.8 Å². The number of hydrogen-bond donors (Lipinski definition) is 0. The summed E-state index contributed by atoms with van der Waals surface area (Å²) in [4.78, 5) is 11.3. The second kappa shape index (κ2) is 4.09. The van der Waals surface area contributed by atoms with Gasteiger partial charge in [0.25, 0.3) is 0 Å². The van der Waals surface area contributed by atoms with Gasteiger partial charge >= 0.3 is 5.97 Å². The molecule has 0 N–H and O–H groups in total. The molecule has 1 aliphatic rings. The van der Waals surface area contributed by atoms with Crippen LogP contribution < -0.4 is 0 Å². The molecule has 1 rings (SSSR count). The van der Waals surface area contributed by atoms with Gasteiger partial charge in [-0.05, 0) is 33.1 Å². The quantitative estimate of drug-likeness (QED) is 0.629. The minimum absolute atomic E-state index is 0.0264. The number of methoxy groups -OCH3 is 1. The number of esters is 1. The highest BCUT2D eigenvalue weighted by Gasteiger charge is 2.39. The van der Waals surface area contributed by atoms with E-state index >= 15 is 0 Å². The van der Waals surface area contributed by atoms with Gasteiger partial charge in [-0.3, -0.25) is 4.79 Å². The van der Waals surface area contributed by atoms with Crippen molar-refractivity contribution in [3.63, 3.8) is 0 Å². The first-order valence-electron chi connectivity index (χ1n) is 4.83. The molecule has 1 aliphatic carbocycles. The highest BCUT2D eigenvalue weighted by Crippen LogP contribution is 2.38. The van der Waals surface area contributed by atoms with Crippen molar-refractivity contribution in [3.05, 3.63) is 0 Å². The van der Waals surface area contributed by atoms with Gasteiger partial charge in [-0.15, -0.1) is 0 Å². The Kier molecular flexibility index (Phi) is 3.31. The lowest BCUT2D eigenvalue weighted by molar-refractivity contribution is -0.159. The summed E-state index contributed by atoms with van der Waals surface area (Å²) in [7, 11) is 1.67. The van der Waals surface area contributed by atoms with Gasteiger partial charge in [-0.1, -0.05) is 0 Å². The molecule has 0 aliphatic heterocycles. The van der Waals surface area contributed by atoms with Crippen LogP contribution in [0.5, 0.6) is 0 Å². The predicted octanol–water partition coefficient (Wildman–Crippen LogP) is 1.90. The van der Waals surface area contributed by atoms with E-state index < -0.39 is 0 Å². The SMILES string of the molecule is COC1(CC(=O)OC(C)C)CCC1. The maximum atomic E-state index is 11.3. The van der Waals surface area contributed by atoms with Gasteiger partial charge in [-0.2, -0.15) is 0 Å². The van der Waals surface area contributed by atoms with Crippen molar-refractivity contribution in [2.45, 2.75) is 51.2 Å². The van der Waals surface area contributed by atoms with Crippen molar-refractivity contribution in [1.82, 2.24) is 0 Å². The maximum Gasteiger partial charge on any atom is 0.308 e. The van der Waals surface area contributed by atoms with Gasteiger partial charge < -0.3 is 9.47 Å². The Morgan fingerprint density at radius 1 is 1.46 bits per heavy atom. The van der Waals surface area contributed by atoms with Crippen molar-refractivity contribution in [2.75, 3.05) is 7.11 Å². The third-order valence-corrected chi connectivity index (χ3v) is 2.53. The fourth-order valence-electron chi connectivity index (χ4n) is 1.59. The molecule has 0 saturated heterocycles. The van der Waals surface area contributed by atoms with E-state index in [2.05, 4.69) is 0 Å². The van der Waals surface area contributed by atoms with Crippen LogP contribution in [0.4, 0.5) is 0 Å². The average Bonchev–Trinajstić information content (AvgIpc) is 1.95. The molecule has 76 valence electrons. The van der Waals surface area contributed by atoms with Crippen LogP contribution in [0.2, 0.25) is 0 Å². The Labute approximate surface area is 79.4 Å². The molecule has 3 nitrogen and oxygen atoms in total. The first kappa shape index (κ1) is 10.5. The van der Waals surface area contributed by atoms with Crippen LogP contribution in [0, 0.1) is 0 Å². The molecule has 3 heteroatoms. The lowest BCUT2D eigenvalue weighted by atomic mass is 9.77. The molecule has 0 unspecified atom stereocenters. The second-order valence-corrected chi connectivity index (χ2v) is 3.96. The molecule has 1 fully saturated rings. The lowest BCUT2D eigenvalue weighted by Crippen LogP contribution is -2.41. The summed E-state index contributed by atoms with van der Waals surface area (Å²) < 4.78 is 10.4. The summed E-state index contributed by atoms with van der Waals surface area (Å²) in [5.41, 5.74) is -0.202. The second-order valence-electron chi connectivity index (χ2n) is 3.96. The van der Waals surface area contributed by atoms with Crippen LogP contribution in [0.3, 0.4) is 0 Å². The van der Waals surface area contributed by atoms with Crippen LogP contribution in [-0.2, 0) is 14.3 Å². The molecule has 0 aromatic carbocycles. The molecule has 1 saturated carbocycles. The predicted molar refractivity (Wildman–Crippen MR) is 49.4 cm³/mol. The summed E-state index contributed by atoms with van der Waals surface area (Å²) >= 11 is 0. The molecule has 0 atom stereocenters. The molecule has 0 aromatic rings. The minimum atomic E-state index is -0.202. The van der Waals surface area contributed by atoms with E-state index in [-0.39, 0.29) is 17.7 Å². The molecule has 0 aromatic heterocycles. The Balaban J connectivity index is 2.34. The zero-order valence-electron chi connectivity index (χ0n) is 8.63. The lowest BCUT2D eigenvalue weighted by Gasteiger charge is -2.39. The monoisotopic (exact) mass is 186 g/mol. The number of hydrogen-bond acceptors (Lipinski definition) is 3. The summed E-state index contributed by atoms with van der Waals surface area (Å²) in [6.07, 6.45) is 3.50. The zero-order valence-corrected chi connectivity index (χ0v) is 8.63. The molecule has 0 heterocycles. The fourth-order valence-corrected chi connectivity index (χ4v) is 1.59. The third-order valence-electron chi connectivity index (χ3n) is 2.53. The third kappa shape index (κ3) is 2.69. The van der Waals surface area contributed by atoms with E-state index in [0.717, 1.165) is 19.3 Å². The number of carbonyl (C=O) groups excluding carboxylic acids is 1. The van der Waals surface area contributed by atoms with Crippen LogP contribution in [0.25, 0.3) is 0 Å². The Bertz CT molecular complexity index is 177. The van der Waals surface area contributed by atoms with Crippen LogP contribution in [-0.4, -0.2) is 24.8 Å². The highest BCUT2D eigenvalue weighted by molar-refractivity contribution is 5.71. The summed E-state index contributed by atoms with van der Waals surface area (Å²) in [6.45, 7) is 3.72. The highest BCUT2D eigenvalue weighted by atomic mass is 16.5. The smallest absolute Gasteiger partial charge is 0.308 e. The van der Waals surface area contributed by atoms with E-state index in [0.29, 0.717) is 6.42 Å². The zero-order chi connectivity index (χ0) is 9.90. The van der Waals surface area contributed by atoms with Crippen molar-refractivity contribution in [2.24, 2.45) is 0 Å². The Hall–Kier alpha value is -0.570. The summed E-state index contributed by atoms with van der Waals surface area (Å²) in [5.74, 6) is -0.142. The molecule has 0 bridgehead atoms. The number of carbonyl (C=O) groups is 1. The summed E-state index contributed by atoms with van der Waals surface area (Å²) in [5, 5.41) is 0. The summed E-state index contributed by atoms with van der Waals surface area (Å²) in [6, 6.07) is 0. The van der Waals surface area contributed by atoms with E-state index in [1.54, 1.807) is 7.11 Å². The van der Waals surface area contributed by atoms with Crippen LogP contribution >= 0.6 is 0 Å². The van der Waals surface area contributed by atoms with Crippen molar-refractivity contribution in [1.29, 1.82) is 0 Å². The molecule has 0 radical (unpaired) electrons. The first-order valence-corrected chi connectivity index (χ1v) is 4.83. The van der Waals surface area contributed by atoms with E-state index in [1.165, 1.54) is 0 Å². The topological polar surface area (TPSA) is 35.5 Å². The molecular formula is C10H18O3. The van der Waals surface area contributed by atoms with Crippen molar-refractivity contribution < 1.29 is 14.3 Å². The van der Waals surface area contributed by atoms with Crippen molar-refractivity contribution in [3.8, 4) is 0 Å². The molecular weight excluding hydrogens is 168 g/mol. The van der Waals surface area contributed by atoms with E-state index in [4.69, 9.17) is 9.47 Å². The molecule has 13 heavy (non-hydrogen) atoms. The van der Waals surface area contributed by atoms with E-state index in [9.17, 15) is 4.79 Å². The van der Waals surface area contributed by atoms with Gasteiger partial charge in [0, 0.05) is 7.11 Å². The van der Waals surface area contributed by atoms with Gasteiger partial charge in [0.2, 0.25) is 0 Å². The minimum Gasteiger partial charge on any atom is -0.463 e. The van der Waals surface area contributed by atoms with Crippen molar-refractivity contribution >= 4 is 5.97 Å². The number of ether oxygens (including phenoxy) is 2. The Morgan fingerprint density at radius 2 is 2.08 bits per heavy atom. The fraction of sp³-hybridized carbons (Fsp3) is 0.900. The van der Waals surface area contributed by atoms with Gasteiger partial charge in [0.1, 0.15) is 0 Å². The van der Waals surface area contributed by atoms with Crippen LogP contribution in [0.15, 0.2) is 0 Å². The molecule has 0 spiro atoms. The first-order chi connectivity index (χ1) is 6.08. The maximum absolute atomic E-state index is 11.3. The van der Waals surface area contributed by atoms with Crippen LogP contribution in [0.1, 0.15) is 39.5 Å². The standard InChI is InChI=1S/C10H18O3/c1-8(2)13-9(11)7-10(12-3)5-4-6-10/h8H,4-7H2,1-3H3.